The van der Waals surface area contributed by atoms with Gasteiger partial charge in [-0.3, -0.25) is 28.5 Å². The number of H-pyrrole nitrogens is 1. The maximum Gasteiger partial charge on any atom is 0.351 e. The molecular formula is C36H53FN6O10S. The molecule has 2 saturated heterocycles. The van der Waals surface area contributed by atoms with Crippen molar-refractivity contribution in [3.8, 4) is 0 Å². The number of halogens is 1. The molecule has 1 amide bonds. The van der Waals surface area contributed by atoms with Crippen LogP contribution in [0.3, 0.4) is 0 Å². The molecule has 2 aromatic rings. The summed E-state index contributed by atoms with van der Waals surface area (Å²) < 4.78 is 39.3. The summed E-state index contributed by atoms with van der Waals surface area (Å²) in [7, 11) is 0. The monoisotopic (exact) mass is 780 g/mol. The lowest BCUT2D eigenvalue weighted by Gasteiger charge is -2.20. The average Bonchev–Trinajstić information content (AvgIpc) is 3.76. The van der Waals surface area contributed by atoms with Crippen molar-refractivity contribution in [3.63, 3.8) is 0 Å². The molecule has 2 fully saturated rings. The summed E-state index contributed by atoms with van der Waals surface area (Å²) in [6.07, 6.45) is 10.3. The van der Waals surface area contributed by atoms with Crippen LogP contribution in [-0.2, 0) is 33.3 Å². The van der Waals surface area contributed by atoms with Crippen molar-refractivity contribution < 1.29 is 37.7 Å². The van der Waals surface area contributed by atoms with Crippen molar-refractivity contribution in [2.45, 2.75) is 139 Å². The fourth-order valence-corrected chi connectivity index (χ4v) is 7.20. The first kappa shape index (κ1) is 42.7. The minimum atomic E-state index is -1.55. The van der Waals surface area contributed by atoms with Crippen molar-refractivity contribution >= 4 is 35.4 Å². The van der Waals surface area contributed by atoms with E-state index in [-0.39, 0.29) is 44.0 Å². The number of nitrogens with two attached hydrogens (primary N) is 1. The number of hydrogen-bond acceptors (Lipinski definition) is 13. The topological polar surface area (TPSA) is 216 Å². The molecule has 18 heteroatoms. The van der Waals surface area contributed by atoms with Crippen LogP contribution in [0, 0.1) is 0 Å². The predicted molar refractivity (Wildman–Crippen MR) is 198 cm³/mol. The second-order valence-electron chi connectivity index (χ2n) is 13.6. The Morgan fingerprint density at radius 1 is 0.944 bits per heavy atom. The van der Waals surface area contributed by atoms with Gasteiger partial charge in [0.05, 0.1) is 0 Å². The summed E-state index contributed by atoms with van der Waals surface area (Å²) in [6, 6.07) is 1.42. The van der Waals surface area contributed by atoms with Crippen LogP contribution >= 0.6 is 11.8 Å². The number of aromatic nitrogens is 4. The molecule has 0 aromatic carbocycles. The molecule has 54 heavy (non-hydrogen) atoms. The Kier molecular flexibility index (Phi) is 17.7. The molecule has 4 rings (SSSR count). The van der Waals surface area contributed by atoms with Crippen LogP contribution in [0.1, 0.15) is 116 Å². The maximum absolute atomic E-state index is 14.7. The van der Waals surface area contributed by atoms with Crippen molar-refractivity contribution in [2.75, 3.05) is 24.7 Å². The number of thioether (sulfide) groups is 1. The summed E-state index contributed by atoms with van der Waals surface area (Å²) in [6.45, 7) is 1.58. The number of amides is 1. The highest BCUT2D eigenvalue weighted by atomic mass is 32.2. The number of nitrogen functional groups attached to an aromatic ring is 1. The third kappa shape index (κ3) is 14.0. The van der Waals surface area contributed by atoms with Crippen molar-refractivity contribution in [3.05, 3.63) is 55.8 Å². The van der Waals surface area contributed by atoms with Gasteiger partial charge in [-0.15, -0.1) is 11.8 Å². The summed E-state index contributed by atoms with van der Waals surface area (Å²) >= 11 is 1.33. The molecule has 4 N–H and O–H groups in total. The molecule has 16 nitrogen and oxygen atoms in total. The van der Waals surface area contributed by atoms with E-state index >= 15 is 0 Å². The Morgan fingerprint density at radius 3 is 2.31 bits per heavy atom. The number of nitrogens with zero attached hydrogens (tertiary/aromatic N) is 3. The first-order chi connectivity index (χ1) is 26.0. The van der Waals surface area contributed by atoms with Gasteiger partial charge in [-0.2, -0.15) is 4.98 Å². The van der Waals surface area contributed by atoms with Gasteiger partial charge in [-0.25, -0.2) is 18.8 Å². The van der Waals surface area contributed by atoms with Gasteiger partial charge < -0.3 is 30.0 Å². The fraction of sp³-hybridized carbons (Fsp3) is 0.694. The highest BCUT2D eigenvalue weighted by molar-refractivity contribution is 8.00. The van der Waals surface area contributed by atoms with E-state index < -0.39 is 71.7 Å². The Hall–Kier alpha value is -4.03. The minimum Gasteiger partial charge on any atom is -0.463 e. The quantitative estimate of drug-likeness (QED) is 0.109. The molecule has 2 aromatic heterocycles. The third-order valence-electron chi connectivity index (χ3n) is 9.25. The van der Waals surface area contributed by atoms with E-state index in [4.69, 9.17) is 24.7 Å². The first-order valence-electron chi connectivity index (χ1n) is 18.9. The predicted octanol–water partition coefficient (Wildman–Crippen LogP) is 3.64. The molecule has 300 valence electrons. The molecule has 0 saturated carbocycles. The third-order valence-corrected chi connectivity index (χ3v) is 10.3. The number of nitrogens with one attached hydrogen (secondary N) is 2. The minimum absolute atomic E-state index is 0.0839. The number of unbranched alkanes of at least 4 members (excludes halogenated alkanes) is 10. The number of rotatable bonds is 23. The Labute approximate surface area is 317 Å². The summed E-state index contributed by atoms with van der Waals surface area (Å²) in [5, 5.41) is 2.69. The molecule has 2 aliphatic rings. The lowest BCUT2D eigenvalue weighted by Crippen LogP contribution is -2.42. The molecule has 4 heterocycles. The van der Waals surface area contributed by atoms with Crippen molar-refractivity contribution in [1.29, 1.82) is 0 Å². The van der Waals surface area contributed by atoms with E-state index in [0.29, 0.717) is 12.2 Å². The van der Waals surface area contributed by atoms with Gasteiger partial charge in [-0.1, -0.05) is 71.1 Å². The van der Waals surface area contributed by atoms with Gasteiger partial charge >= 0.3 is 23.3 Å². The highest BCUT2D eigenvalue weighted by Crippen LogP contribution is 2.32. The number of carbonyl (C=O) groups excluding carboxylic acids is 3. The van der Waals surface area contributed by atoms with E-state index in [1.54, 1.807) is 0 Å². The van der Waals surface area contributed by atoms with Gasteiger partial charge in [0.2, 0.25) is 5.91 Å². The molecule has 0 radical (unpaired) electrons. The zero-order valence-electron chi connectivity index (χ0n) is 30.8. The van der Waals surface area contributed by atoms with Gasteiger partial charge in [-0.05, 0) is 18.9 Å². The molecule has 2 aliphatic heterocycles. The zero-order valence-corrected chi connectivity index (χ0v) is 31.6. The molecule has 6 atom stereocenters. The van der Waals surface area contributed by atoms with E-state index in [2.05, 4.69) is 22.2 Å². The Bertz CT molecular complexity index is 1690. The molecular weight excluding hydrogens is 727 g/mol. The lowest BCUT2D eigenvalue weighted by molar-refractivity contribution is -0.153. The number of hydrogen-bond donors (Lipinski definition) is 3. The normalized spacial score (nSPS) is 21.5. The molecule has 0 unspecified atom stereocenters. The summed E-state index contributed by atoms with van der Waals surface area (Å²) in [5.41, 5.74) is 3.04. The van der Waals surface area contributed by atoms with Crippen LogP contribution in [0.4, 0.5) is 10.2 Å². The van der Waals surface area contributed by atoms with Crippen LogP contribution in [0.2, 0.25) is 0 Å². The molecule has 0 aliphatic carbocycles. The van der Waals surface area contributed by atoms with E-state index in [1.807, 2.05) is 0 Å². The lowest BCUT2D eigenvalue weighted by atomic mass is 10.0. The van der Waals surface area contributed by atoms with Crippen LogP contribution in [0.15, 0.2) is 38.9 Å². The molecule has 0 bridgehead atoms. The van der Waals surface area contributed by atoms with Crippen LogP contribution < -0.4 is 28.0 Å². The number of esters is 2. The number of ether oxygens (including phenoxy) is 4. The van der Waals surface area contributed by atoms with Gasteiger partial charge in [0.15, 0.2) is 0 Å². The maximum atomic E-state index is 14.7. The average molecular weight is 781 g/mol. The standard InChI is InChI=1S/C36H53FN6O10S/c1-2-3-4-5-6-7-8-9-10-11-12-13-28(44)39-25(34(47)51-22-33-53-31(23-54-33)43-18-16-27(38)40-35(43)48)14-15-32(46)50-21-26-24(37)20-30(52-26)42-19-17-29(45)41-36(42)49/h16-19,24-26,30-31,33H,2-15,20-23H2,1H3,(H,39,44)(H2,38,40,48)(H,41,45,49)/t24-,25-,26+,30+,31-,33+/m0/s1. The van der Waals surface area contributed by atoms with E-state index in [0.717, 1.165) is 29.9 Å². The number of anilines is 1. The van der Waals surface area contributed by atoms with Gasteiger partial charge in [0.25, 0.3) is 5.56 Å². The largest absolute Gasteiger partial charge is 0.463 e. The fourth-order valence-electron chi connectivity index (χ4n) is 6.21. The molecule has 0 spiro atoms. The Morgan fingerprint density at radius 2 is 1.63 bits per heavy atom. The van der Waals surface area contributed by atoms with Crippen molar-refractivity contribution in [2.24, 2.45) is 0 Å². The van der Waals surface area contributed by atoms with Crippen LogP contribution in [0.5, 0.6) is 0 Å². The van der Waals surface area contributed by atoms with Crippen molar-refractivity contribution in [1.82, 2.24) is 24.4 Å². The van der Waals surface area contributed by atoms with E-state index in [1.165, 1.54) is 79.7 Å². The number of aromatic amines is 1. The highest BCUT2D eigenvalue weighted by Gasteiger charge is 2.38. The van der Waals surface area contributed by atoms with E-state index in [9.17, 15) is 33.2 Å². The van der Waals surface area contributed by atoms with Gasteiger partial charge in [0, 0.05) is 43.5 Å². The Balaban J connectivity index is 1.23. The van der Waals surface area contributed by atoms with Crippen LogP contribution in [-0.4, -0.2) is 79.7 Å². The summed E-state index contributed by atoms with van der Waals surface area (Å²) in [5.74, 6) is -1.41. The smallest absolute Gasteiger partial charge is 0.351 e. The van der Waals surface area contributed by atoms with Crippen LogP contribution in [0.25, 0.3) is 0 Å². The number of carbonyl (C=O) groups is 3. The number of alkyl halides is 1. The second kappa shape index (κ2) is 22.4. The second-order valence-corrected chi connectivity index (χ2v) is 14.7. The SMILES string of the molecule is CCCCCCCCCCCCCC(=O)N[C@@H](CCC(=O)OC[C@H]1O[C@@H](n2ccc(=O)[nH]c2=O)C[C@@H]1F)C(=O)OC[C@@H]1O[C@H](n2ccc(N)nc2=O)CS1. The van der Waals surface area contributed by atoms with Gasteiger partial charge in [0.1, 0.15) is 55.2 Å². The first-order valence-corrected chi connectivity index (χ1v) is 19.9. The zero-order chi connectivity index (χ0) is 38.9. The summed E-state index contributed by atoms with van der Waals surface area (Å²) in [4.78, 5) is 80.3.